The molecule has 0 rings (SSSR count). The zero-order valence-corrected chi connectivity index (χ0v) is 8.48. The van der Waals surface area contributed by atoms with E-state index in [0.29, 0.717) is 18.1 Å². The summed E-state index contributed by atoms with van der Waals surface area (Å²) in [6.45, 7) is 7.96. The monoisotopic (exact) mass is 166 g/mol. The van der Waals surface area contributed by atoms with Crippen LogP contribution in [0.1, 0.15) is 40.5 Å². The van der Waals surface area contributed by atoms with Gasteiger partial charge in [0.15, 0.2) is 0 Å². The first-order valence-electron chi connectivity index (χ1n) is 4.55. The molecule has 0 aromatic rings. The molecule has 0 aliphatic heterocycles. The number of Topliss-reactive ketones (excluding diaryl/α,β-unsaturated/α-hetero) is 1. The molecule has 0 aliphatic carbocycles. The summed E-state index contributed by atoms with van der Waals surface area (Å²) < 4.78 is 0. The Hall–Kier alpha value is -0.770. The zero-order chi connectivity index (χ0) is 9.56. The number of carbonyl (C=O) groups excluding carboxylic acids is 1. The smallest absolute Gasteiger partial charge is 0.136 e. The van der Waals surface area contributed by atoms with Crippen molar-refractivity contribution in [2.45, 2.75) is 40.5 Å². The van der Waals surface area contributed by atoms with Gasteiger partial charge in [-0.05, 0) is 0 Å². The number of rotatable bonds is 3. The lowest BCUT2D eigenvalue weighted by Crippen LogP contribution is -2.05. The van der Waals surface area contributed by atoms with E-state index < -0.39 is 0 Å². The zero-order valence-electron chi connectivity index (χ0n) is 8.48. The van der Waals surface area contributed by atoms with Gasteiger partial charge in [0.25, 0.3) is 0 Å². The molecule has 0 fully saturated rings. The van der Waals surface area contributed by atoms with E-state index in [1.54, 1.807) is 0 Å². The van der Waals surface area contributed by atoms with Crippen LogP contribution in [0.2, 0.25) is 0 Å². The highest BCUT2D eigenvalue weighted by atomic mass is 16.1. The van der Waals surface area contributed by atoms with Crippen LogP contribution >= 0.6 is 0 Å². The minimum absolute atomic E-state index is 0.158. The molecular formula is C11H18O. The van der Waals surface area contributed by atoms with Crippen LogP contribution < -0.4 is 0 Å². The summed E-state index contributed by atoms with van der Waals surface area (Å²) in [6, 6.07) is 0. The summed E-state index contributed by atoms with van der Waals surface area (Å²) >= 11 is 0. The maximum absolute atomic E-state index is 11.1. The number of carbonyl (C=O) groups is 1. The maximum Gasteiger partial charge on any atom is 0.136 e. The molecular weight excluding hydrogens is 148 g/mol. The van der Waals surface area contributed by atoms with E-state index in [1.165, 1.54) is 0 Å². The molecule has 12 heavy (non-hydrogen) atoms. The largest absolute Gasteiger partial charge is 0.299 e. The third-order valence-electron chi connectivity index (χ3n) is 1.53. The van der Waals surface area contributed by atoms with Crippen molar-refractivity contribution in [1.29, 1.82) is 0 Å². The highest BCUT2D eigenvalue weighted by molar-refractivity contribution is 5.80. The van der Waals surface area contributed by atoms with Crippen LogP contribution in [0.15, 0.2) is 0 Å². The highest BCUT2D eigenvalue weighted by Gasteiger charge is 2.04. The van der Waals surface area contributed by atoms with Crippen molar-refractivity contribution >= 4 is 5.78 Å². The maximum atomic E-state index is 11.1. The molecule has 0 saturated heterocycles. The lowest BCUT2D eigenvalue weighted by Gasteiger charge is -1.99. The van der Waals surface area contributed by atoms with Crippen molar-refractivity contribution in [2.75, 3.05) is 0 Å². The fourth-order valence-electron chi connectivity index (χ4n) is 0.751. The number of hydrogen-bond acceptors (Lipinski definition) is 1. The van der Waals surface area contributed by atoms with Gasteiger partial charge in [0.1, 0.15) is 5.78 Å². The molecule has 0 atom stereocenters. The third-order valence-corrected chi connectivity index (χ3v) is 1.53. The van der Waals surface area contributed by atoms with Gasteiger partial charge in [0.2, 0.25) is 0 Å². The standard InChI is InChI=1S/C11H18O/c1-9(2)7-5-6-8-11(12)10(3)4/h9-10H,6,8H2,1-4H3. The van der Waals surface area contributed by atoms with E-state index in [2.05, 4.69) is 25.7 Å². The SMILES string of the molecule is CC(C)C#CCCC(=O)C(C)C. The van der Waals surface area contributed by atoms with Crippen LogP contribution in [0.25, 0.3) is 0 Å². The second-order valence-corrected chi connectivity index (χ2v) is 3.60. The Morgan fingerprint density at radius 1 is 1.25 bits per heavy atom. The minimum Gasteiger partial charge on any atom is -0.299 e. The van der Waals surface area contributed by atoms with Crippen molar-refractivity contribution in [3.8, 4) is 11.8 Å². The van der Waals surface area contributed by atoms with Crippen molar-refractivity contribution in [3.05, 3.63) is 0 Å². The summed E-state index contributed by atoms with van der Waals surface area (Å²) in [5.74, 6) is 6.92. The molecule has 0 spiro atoms. The van der Waals surface area contributed by atoms with Crippen molar-refractivity contribution in [3.63, 3.8) is 0 Å². The summed E-state index contributed by atoms with van der Waals surface area (Å²) in [7, 11) is 0. The molecule has 0 aromatic heterocycles. The third kappa shape index (κ3) is 5.97. The molecule has 0 unspecified atom stereocenters. The van der Waals surface area contributed by atoms with Gasteiger partial charge < -0.3 is 0 Å². The molecule has 0 N–H and O–H groups in total. The van der Waals surface area contributed by atoms with Gasteiger partial charge in [-0.3, -0.25) is 4.79 Å². The van der Waals surface area contributed by atoms with Gasteiger partial charge in [0, 0.05) is 24.7 Å². The van der Waals surface area contributed by atoms with E-state index in [4.69, 9.17) is 0 Å². The van der Waals surface area contributed by atoms with Crippen LogP contribution in [0, 0.1) is 23.7 Å². The van der Waals surface area contributed by atoms with Crippen molar-refractivity contribution in [1.82, 2.24) is 0 Å². The minimum atomic E-state index is 0.158. The molecule has 0 aromatic carbocycles. The quantitative estimate of drug-likeness (QED) is 0.589. The molecule has 0 radical (unpaired) electrons. The summed E-state index contributed by atoms with van der Waals surface area (Å²) in [4.78, 5) is 11.1. The van der Waals surface area contributed by atoms with Crippen LogP contribution in [0.4, 0.5) is 0 Å². The average molecular weight is 166 g/mol. The summed E-state index contributed by atoms with van der Waals surface area (Å²) in [5, 5.41) is 0. The Morgan fingerprint density at radius 3 is 2.25 bits per heavy atom. The molecule has 1 nitrogen and oxygen atoms in total. The molecule has 1 heteroatoms. The predicted molar refractivity (Wildman–Crippen MR) is 51.7 cm³/mol. The number of hydrogen-bond donors (Lipinski definition) is 0. The first kappa shape index (κ1) is 11.2. The van der Waals surface area contributed by atoms with Crippen molar-refractivity contribution in [2.24, 2.45) is 11.8 Å². The van der Waals surface area contributed by atoms with Crippen LogP contribution in [-0.2, 0) is 4.79 Å². The Morgan fingerprint density at radius 2 is 1.83 bits per heavy atom. The Kier molecular flexibility index (Phi) is 5.45. The Bertz CT molecular complexity index is 191. The fraction of sp³-hybridized carbons (Fsp3) is 0.727. The van der Waals surface area contributed by atoms with Crippen LogP contribution in [0.5, 0.6) is 0 Å². The molecule has 0 saturated carbocycles. The second kappa shape index (κ2) is 5.83. The first-order chi connectivity index (χ1) is 5.54. The number of ketones is 1. The van der Waals surface area contributed by atoms with Gasteiger partial charge >= 0.3 is 0 Å². The van der Waals surface area contributed by atoms with Gasteiger partial charge in [0.05, 0.1) is 0 Å². The van der Waals surface area contributed by atoms with Crippen LogP contribution in [-0.4, -0.2) is 5.78 Å². The van der Waals surface area contributed by atoms with Crippen LogP contribution in [0.3, 0.4) is 0 Å². The molecule has 0 heterocycles. The van der Waals surface area contributed by atoms with E-state index >= 15 is 0 Å². The predicted octanol–water partition coefficient (Wildman–Crippen LogP) is 2.65. The Balaban J connectivity index is 3.59. The topological polar surface area (TPSA) is 17.1 Å². The normalized spacial score (nSPS) is 9.83. The second-order valence-electron chi connectivity index (χ2n) is 3.60. The van der Waals surface area contributed by atoms with E-state index in [-0.39, 0.29) is 5.92 Å². The van der Waals surface area contributed by atoms with E-state index in [0.717, 1.165) is 6.42 Å². The molecule has 0 amide bonds. The van der Waals surface area contributed by atoms with Gasteiger partial charge in [-0.2, -0.15) is 0 Å². The summed E-state index contributed by atoms with van der Waals surface area (Å²) in [6.07, 6.45) is 1.33. The molecule has 68 valence electrons. The lowest BCUT2D eigenvalue weighted by atomic mass is 10.0. The lowest BCUT2D eigenvalue weighted by molar-refractivity contribution is -0.121. The summed E-state index contributed by atoms with van der Waals surface area (Å²) in [5.41, 5.74) is 0. The van der Waals surface area contributed by atoms with Gasteiger partial charge in [-0.1, -0.05) is 27.7 Å². The van der Waals surface area contributed by atoms with E-state index in [9.17, 15) is 4.79 Å². The highest BCUT2D eigenvalue weighted by Crippen LogP contribution is 2.00. The van der Waals surface area contributed by atoms with E-state index in [1.807, 2.05) is 13.8 Å². The van der Waals surface area contributed by atoms with Gasteiger partial charge in [-0.15, -0.1) is 11.8 Å². The molecule has 0 bridgehead atoms. The van der Waals surface area contributed by atoms with Crippen molar-refractivity contribution < 1.29 is 4.79 Å². The van der Waals surface area contributed by atoms with Gasteiger partial charge in [-0.25, -0.2) is 0 Å². The molecule has 0 aliphatic rings. The fourth-order valence-corrected chi connectivity index (χ4v) is 0.751. The average Bonchev–Trinajstić information content (AvgIpc) is 1.97. The first-order valence-corrected chi connectivity index (χ1v) is 4.55. The Labute approximate surface area is 75.5 Å².